The third kappa shape index (κ3) is 4.42. The van der Waals surface area contributed by atoms with Gasteiger partial charge in [0.05, 0.1) is 5.39 Å². The molecule has 3 aromatic carbocycles. The molecule has 1 amide bonds. The number of halogens is 2. The van der Waals surface area contributed by atoms with Crippen LogP contribution in [0.2, 0.25) is 5.02 Å². The van der Waals surface area contributed by atoms with Crippen LogP contribution in [0.15, 0.2) is 91.4 Å². The van der Waals surface area contributed by atoms with E-state index in [1.807, 2.05) is 33.9 Å². The van der Waals surface area contributed by atoms with Crippen molar-refractivity contribution >= 4 is 34.4 Å². The number of carbonyl (C=O) groups excluding carboxylic acids is 1. The molecule has 3 heterocycles. The highest BCUT2D eigenvalue weighted by molar-refractivity contribution is 6.30. The molecule has 0 bridgehead atoms. The summed E-state index contributed by atoms with van der Waals surface area (Å²) in [4.78, 5) is 26.4. The molecule has 0 atom stereocenters. The highest BCUT2D eigenvalue weighted by atomic mass is 35.5. The second kappa shape index (κ2) is 9.67. The molecule has 0 unspecified atom stereocenters. The normalized spacial score (nSPS) is 13.8. The number of benzene rings is 3. The summed E-state index contributed by atoms with van der Waals surface area (Å²) in [7, 11) is 0. The Bertz CT molecular complexity index is 1560. The van der Waals surface area contributed by atoms with Crippen LogP contribution in [-0.2, 0) is 0 Å². The minimum absolute atomic E-state index is 0.00316. The quantitative estimate of drug-likeness (QED) is 0.304. The average molecular weight is 512 g/mol. The Kier molecular flexibility index (Phi) is 6.06. The number of nitrogens with zero attached hydrogens (tertiary/aromatic N) is 5. The van der Waals surface area contributed by atoms with E-state index in [0.29, 0.717) is 36.8 Å². The van der Waals surface area contributed by atoms with Crippen LogP contribution in [0.25, 0.3) is 27.8 Å². The fraction of sp³-hybridized carbons (Fsp3) is 0.138. The maximum Gasteiger partial charge on any atom is 0.253 e. The van der Waals surface area contributed by atoms with Crippen molar-refractivity contribution in [3.05, 3.63) is 108 Å². The number of hydrogen-bond donors (Lipinski definition) is 0. The molecular weight excluding hydrogens is 489 g/mol. The monoisotopic (exact) mass is 511 g/mol. The molecule has 6 rings (SSSR count). The highest BCUT2D eigenvalue weighted by Crippen LogP contribution is 2.37. The molecule has 8 heteroatoms. The Morgan fingerprint density at radius 3 is 2.24 bits per heavy atom. The topological polar surface area (TPSA) is 54.3 Å². The molecule has 1 saturated heterocycles. The third-order valence-electron chi connectivity index (χ3n) is 6.71. The van der Waals surface area contributed by atoms with Crippen molar-refractivity contribution < 1.29 is 9.18 Å². The minimum Gasteiger partial charge on any atom is -0.352 e. The molecule has 184 valence electrons. The summed E-state index contributed by atoms with van der Waals surface area (Å²) in [6, 6.07) is 23.5. The molecule has 1 aliphatic rings. The van der Waals surface area contributed by atoms with Gasteiger partial charge in [-0.05, 0) is 54.1 Å². The summed E-state index contributed by atoms with van der Waals surface area (Å²) in [5.74, 6) is 0.532. The number of amides is 1. The van der Waals surface area contributed by atoms with Crippen molar-refractivity contribution in [3.63, 3.8) is 0 Å². The molecule has 1 fully saturated rings. The van der Waals surface area contributed by atoms with Crippen molar-refractivity contribution in [2.45, 2.75) is 0 Å². The molecular formula is C29H23ClFN5O. The first-order valence-corrected chi connectivity index (χ1v) is 12.4. The SMILES string of the molecule is O=C(c1ccc(Cl)cc1)N1CCN(c2ncnc3c2c(-c2ccccc2)cn3-c2ccc(F)cc2)CC1. The number of rotatable bonds is 4. The van der Waals surface area contributed by atoms with Gasteiger partial charge in [0.2, 0.25) is 0 Å². The first-order chi connectivity index (χ1) is 18.1. The first kappa shape index (κ1) is 23.2. The van der Waals surface area contributed by atoms with E-state index >= 15 is 0 Å². The van der Waals surface area contributed by atoms with E-state index in [1.54, 1.807) is 42.7 Å². The number of anilines is 1. The van der Waals surface area contributed by atoms with Crippen LogP contribution in [0.5, 0.6) is 0 Å². The van der Waals surface area contributed by atoms with Crippen molar-refractivity contribution in [2.24, 2.45) is 0 Å². The van der Waals surface area contributed by atoms with Crippen molar-refractivity contribution in [2.75, 3.05) is 31.1 Å². The van der Waals surface area contributed by atoms with E-state index < -0.39 is 0 Å². The fourth-order valence-electron chi connectivity index (χ4n) is 4.82. The van der Waals surface area contributed by atoms with Gasteiger partial charge in [-0.3, -0.25) is 4.79 Å². The zero-order valence-corrected chi connectivity index (χ0v) is 20.6. The second-order valence-electron chi connectivity index (χ2n) is 8.94. The lowest BCUT2D eigenvalue weighted by molar-refractivity contribution is 0.0746. The van der Waals surface area contributed by atoms with Gasteiger partial charge in [0, 0.05) is 54.2 Å². The van der Waals surface area contributed by atoms with E-state index in [2.05, 4.69) is 22.0 Å². The smallest absolute Gasteiger partial charge is 0.253 e. The van der Waals surface area contributed by atoms with E-state index in [1.165, 1.54) is 12.1 Å². The van der Waals surface area contributed by atoms with E-state index in [0.717, 1.165) is 33.7 Å². The van der Waals surface area contributed by atoms with E-state index in [-0.39, 0.29) is 11.7 Å². The summed E-state index contributed by atoms with van der Waals surface area (Å²) in [5.41, 5.74) is 4.23. The maximum absolute atomic E-state index is 13.6. The molecule has 0 N–H and O–H groups in total. The Morgan fingerprint density at radius 1 is 0.838 bits per heavy atom. The number of piperazine rings is 1. The van der Waals surface area contributed by atoms with Gasteiger partial charge < -0.3 is 14.4 Å². The van der Waals surface area contributed by atoms with Crippen molar-refractivity contribution in [3.8, 4) is 16.8 Å². The van der Waals surface area contributed by atoms with Gasteiger partial charge in [0.15, 0.2) is 5.65 Å². The number of carbonyl (C=O) groups is 1. The lowest BCUT2D eigenvalue weighted by Gasteiger charge is -2.35. The summed E-state index contributed by atoms with van der Waals surface area (Å²) >= 11 is 5.98. The molecule has 2 aromatic heterocycles. The van der Waals surface area contributed by atoms with Gasteiger partial charge in [-0.25, -0.2) is 14.4 Å². The zero-order valence-electron chi connectivity index (χ0n) is 19.9. The molecule has 5 aromatic rings. The van der Waals surface area contributed by atoms with Gasteiger partial charge in [0.25, 0.3) is 5.91 Å². The van der Waals surface area contributed by atoms with Gasteiger partial charge in [0.1, 0.15) is 18.0 Å². The van der Waals surface area contributed by atoms with Crippen LogP contribution >= 0.6 is 11.6 Å². The summed E-state index contributed by atoms with van der Waals surface area (Å²) in [6.07, 6.45) is 3.60. The van der Waals surface area contributed by atoms with Crippen LogP contribution in [0.4, 0.5) is 10.2 Å². The van der Waals surface area contributed by atoms with Crippen LogP contribution < -0.4 is 4.90 Å². The third-order valence-corrected chi connectivity index (χ3v) is 6.96. The van der Waals surface area contributed by atoms with Gasteiger partial charge in [-0.1, -0.05) is 41.9 Å². The molecule has 6 nitrogen and oxygen atoms in total. The van der Waals surface area contributed by atoms with Crippen LogP contribution in [-0.4, -0.2) is 51.5 Å². The predicted molar refractivity (Wildman–Crippen MR) is 144 cm³/mol. The number of aromatic nitrogens is 3. The minimum atomic E-state index is -0.287. The van der Waals surface area contributed by atoms with Crippen LogP contribution in [0.1, 0.15) is 10.4 Å². The molecule has 0 radical (unpaired) electrons. The fourth-order valence-corrected chi connectivity index (χ4v) is 4.94. The Hall–Kier alpha value is -4.23. The van der Waals surface area contributed by atoms with Gasteiger partial charge in [-0.2, -0.15) is 0 Å². The lowest BCUT2D eigenvalue weighted by atomic mass is 10.1. The Labute approximate surface area is 218 Å². The van der Waals surface area contributed by atoms with Gasteiger partial charge >= 0.3 is 0 Å². The average Bonchev–Trinajstić information content (AvgIpc) is 3.34. The number of fused-ring (bicyclic) bond motifs is 1. The molecule has 0 spiro atoms. The van der Waals surface area contributed by atoms with Gasteiger partial charge in [-0.15, -0.1) is 0 Å². The standard InChI is InChI=1S/C29H23ClFN5O/c30-22-8-6-21(7-9-22)29(37)35-16-14-34(15-17-35)27-26-25(20-4-2-1-3-5-20)18-36(28(26)33-19-32-27)24-12-10-23(31)11-13-24/h1-13,18-19H,14-17H2. The lowest BCUT2D eigenvalue weighted by Crippen LogP contribution is -2.49. The molecule has 0 aliphatic carbocycles. The molecule has 0 saturated carbocycles. The summed E-state index contributed by atoms with van der Waals surface area (Å²) in [6.45, 7) is 2.43. The highest BCUT2D eigenvalue weighted by Gasteiger charge is 2.26. The van der Waals surface area contributed by atoms with Crippen molar-refractivity contribution in [1.82, 2.24) is 19.4 Å². The van der Waals surface area contributed by atoms with E-state index in [9.17, 15) is 9.18 Å². The van der Waals surface area contributed by atoms with Crippen molar-refractivity contribution in [1.29, 1.82) is 0 Å². The van der Waals surface area contributed by atoms with Crippen LogP contribution in [0.3, 0.4) is 0 Å². The molecule has 1 aliphatic heterocycles. The van der Waals surface area contributed by atoms with Crippen LogP contribution in [0, 0.1) is 5.82 Å². The van der Waals surface area contributed by atoms with E-state index in [4.69, 9.17) is 16.6 Å². The molecule has 37 heavy (non-hydrogen) atoms. The predicted octanol–water partition coefficient (Wildman–Crippen LogP) is 5.84. The first-order valence-electron chi connectivity index (χ1n) is 12.1. The Morgan fingerprint density at radius 2 is 1.54 bits per heavy atom. The number of hydrogen-bond acceptors (Lipinski definition) is 4. The summed E-state index contributed by atoms with van der Waals surface area (Å²) < 4.78 is 15.6. The summed E-state index contributed by atoms with van der Waals surface area (Å²) in [5, 5.41) is 1.53. The zero-order chi connectivity index (χ0) is 25.4. The second-order valence-corrected chi connectivity index (χ2v) is 9.37. The maximum atomic E-state index is 13.6. The largest absolute Gasteiger partial charge is 0.352 e. The Balaban J connectivity index is 1.36.